The zero-order valence-electron chi connectivity index (χ0n) is 7.75. The van der Waals surface area contributed by atoms with Crippen LogP contribution in [0.1, 0.15) is 6.42 Å². The summed E-state index contributed by atoms with van der Waals surface area (Å²) in [6, 6.07) is -0.683. The minimum Gasteiger partial charge on any atom is -0.480 e. The van der Waals surface area contributed by atoms with Gasteiger partial charge < -0.3 is 10.8 Å². The quantitative estimate of drug-likeness (QED) is 0.615. The lowest BCUT2D eigenvalue weighted by atomic mass is 10.2. The van der Waals surface area contributed by atoms with Gasteiger partial charge in [-0.15, -0.1) is 10.2 Å². The molecule has 0 aliphatic carbocycles. The number of nitrogens with two attached hydrogens (primary N) is 1. The number of rotatable bonds is 4. The number of aromatic amines is 1. The molecule has 0 amide bonds. The van der Waals surface area contributed by atoms with Gasteiger partial charge >= 0.3 is 5.97 Å². The van der Waals surface area contributed by atoms with Crippen molar-refractivity contribution in [3.63, 3.8) is 0 Å². The Kier molecular flexibility index (Phi) is 7.75. The number of aromatic nitrogens is 4. The maximum atomic E-state index is 10.1. The average molecular weight is 219 g/mol. The second-order valence-electron chi connectivity index (χ2n) is 2.29. The fourth-order valence-electron chi connectivity index (χ4n) is 0.497. The number of nitrogens with one attached hydrogen (secondary N) is 1. The van der Waals surface area contributed by atoms with Crippen LogP contribution < -0.4 is 5.73 Å². The summed E-state index contributed by atoms with van der Waals surface area (Å²) in [7, 11) is 0. The van der Waals surface area contributed by atoms with E-state index in [1.165, 1.54) is 6.33 Å². The molecule has 7 nitrogen and oxygen atoms in total. The fraction of sp³-hybridized carbons (Fsp3) is 0.667. The predicted octanol–water partition coefficient (Wildman–Crippen LogP) is -0.649. The van der Waals surface area contributed by atoms with Gasteiger partial charge in [-0.1, -0.05) is 5.21 Å². The van der Waals surface area contributed by atoms with Gasteiger partial charge in [0.25, 0.3) is 0 Å². The summed E-state index contributed by atoms with van der Waals surface area (Å²) in [5.74, 6) is -0.1000. The summed E-state index contributed by atoms with van der Waals surface area (Å²) >= 11 is 1.60. The van der Waals surface area contributed by atoms with Crippen molar-refractivity contribution in [1.29, 1.82) is 0 Å². The summed E-state index contributed by atoms with van der Waals surface area (Å²) in [6.45, 7) is 0. The van der Waals surface area contributed by atoms with Gasteiger partial charge in [0.15, 0.2) is 6.33 Å². The van der Waals surface area contributed by atoms with E-state index in [4.69, 9.17) is 10.8 Å². The number of carboxylic acids is 1. The van der Waals surface area contributed by atoms with Crippen molar-refractivity contribution in [3.8, 4) is 0 Å². The molecule has 14 heavy (non-hydrogen) atoms. The number of thioether (sulfide) groups is 1. The number of aliphatic carboxylic acids is 1. The molecule has 0 bridgehead atoms. The van der Waals surface area contributed by atoms with E-state index in [0.717, 1.165) is 5.75 Å². The van der Waals surface area contributed by atoms with Crippen LogP contribution in [0.5, 0.6) is 0 Å². The highest BCUT2D eigenvalue weighted by Crippen LogP contribution is 1.97. The summed E-state index contributed by atoms with van der Waals surface area (Å²) < 4.78 is 0. The lowest BCUT2D eigenvalue weighted by Crippen LogP contribution is -2.30. The highest BCUT2D eigenvalue weighted by atomic mass is 32.2. The van der Waals surface area contributed by atoms with Crippen LogP contribution in [0.4, 0.5) is 0 Å². The van der Waals surface area contributed by atoms with E-state index in [1.54, 1.807) is 11.8 Å². The van der Waals surface area contributed by atoms with E-state index in [-0.39, 0.29) is 0 Å². The molecule has 1 heterocycles. The van der Waals surface area contributed by atoms with Crippen LogP contribution in [0.2, 0.25) is 0 Å². The van der Waals surface area contributed by atoms with Gasteiger partial charge in [-0.05, 0) is 18.4 Å². The summed E-state index contributed by atoms with van der Waals surface area (Å²) in [4.78, 5) is 10.1. The van der Waals surface area contributed by atoms with Crippen molar-refractivity contribution in [2.75, 3.05) is 12.0 Å². The Morgan fingerprint density at radius 3 is 2.79 bits per heavy atom. The Morgan fingerprint density at radius 1 is 1.79 bits per heavy atom. The van der Waals surface area contributed by atoms with Gasteiger partial charge in [0.1, 0.15) is 6.04 Å². The molecule has 4 N–H and O–H groups in total. The van der Waals surface area contributed by atoms with Crippen molar-refractivity contribution in [2.24, 2.45) is 5.73 Å². The normalized spacial score (nSPS) is 11.3. The monoisotopic (exact) mass is 219 g/mol. The van der Waals surface area contributed by atoms with Gasteiger partial charge in [0.05, 0.1) is 0 Å². The van der Waals surface area contributed by atoms with Crippen molar-refractivity contribution >= 4 is 17.7 Å². The first-order valence-corrected chi connectivity index (χ1v) is 5.21. The lowest BCUT2D eigenvalue weighted by Gasteiger charge is -2.02. The highest BCUT2D eigenvalue weighted by Gasteiger charge is 2.08. The van der Waals surface area contributed by atoms with E-state index in [9.17, 15) is 4.79 Å². The second-order valence-corrected chi connectivity index (χ2v) is 3.27. The van der Waals surface area contributed by atoms with Crippen LogP contribution in [0.25, 0.3) is 0 Å². The Balaban J connectivity index is 0.000000280. The molecule has 0 unspecified atom stereocenters. The van der Waals surface area contributed by atoms with Crippen LogP contribution in [-0.2, 0) is 4.79 Å². The Morgan fingerprint density at radius 2 is 2.50 bits per heavy atom. The van der Waals surface area contributed by atoms with E-state index in [0.29, 0.717) is 6.42 Å². The van der Waals surface area contributed by atoms with Gasteiger partial charge in [0, 0.05) is 0 Å². The molecule has 1 aromatic rings. The average Bonchev–Trinajstić information content (AvgIpc) is 2.71. The minimum atomic E-state index is -0.913. The predicted molar refractivity (Wildman–Crippen MR) is 52.8 cm³/mol. The summed E-state index contributed by atoms with van der Waals surface area (Å²) in [6.07, 6.45) is 3.81. The maximum absolute atomic E-state index is 10.1. The Labute approximate surface area is 85.5 Å². The molecule has 0 aliphatic rings. The molecule has 0 saturated heterocycles. The SMILES string of the molecule is CSCC[C@H](N)C(=O)O.c1nn[nH]n1. The molecule has 0 fully saturated rings. The van der Waals surface area contributed by atoms with E-state index in [2.05, 4.69) is 20.6 Å². The number of nitrogens with zero attached hydrogens (tertiary/aromatic N) is 3. The smallest absolute Gasteiger partial charge is 0.320 e. The summed E-state index contributed by atoms with van der Waals surface area (Å²) in [5.41, 5.74) is 5.19. The van der Waals surface area contributed by atoms with Crippen LogP contribution in [0.15, 0.2) is 6.33 Å². The third kappa shape index (κ3) is 7.50. The topological polar surface area (TPSA) is 118 Å². The molecule has 1 aromatic heterocycles. The molecule has 8 heteroatoms. The highest BCUT2D eigenvalue weighted by molar-refractivity contribution is 7.98. The van der Waals surface area contributed by atoms with E-state index in [1.807, 2.05) is 6.26 Å². The third-order valence-corrected chi connectivity index (χ3v) is 1.86. The fourth-order valence-corrected chi connectivity index (χ4v) is 0.987. The van der Waals surface area contributed by atoms with Crippen LogP contribution in [0.3, 0.4) is 0 Å². The molecule has 0 saturated carbocycles. The third-order valence-electron chi connectivity index (χ3n) is 1.22. The van der Waals surface area contributed by atoms with Crippen molar-refractivity contribution in [1.82, 2.24) is 20.6 Å². The molecule has 0 spiro atoms. The van der Waals surface area contributed by atoms with Gasteiger partial charge in [-0.3, -0.25) is 4.79 Å². The number of carboxylic acid groups (broad SMARTS) is 1. The molecule has 80 valence electrons. The maximum Gasteiger partial charge on any atom is 0.320 e. The van der Waals surface area contributed by atoms with E-state index >= 15 is 0 Å². The molecule has 1 atom stereocenters. The molecule has 0 aromatic carbocycles. The molecule has 0 radical (unpaired) electrons. The second kappa shape index (κ2) is 8.45. The van der Waals surface area contributed by atoms with Gasteiger partial charge in [0.2, 0.25) is 0 Å². The number of tetrazole rings is 1. The Hall–Kier alpha value is -1.15. The Bertz CT molecular complexity index is 213. The first kappa shape index (κ1) is 12.8. The molecule has 0 aliphatic heterocycles. The standard InChI is InChI=1S/C5H11NO2S.CH2N4/c1-9-3-2-4(6)5(7)8;1-2-4-5-3-1/h4H,2-3,6H2,1H3,(H,7,8);1H,(H,2,3,4,5)/t4-;/m0./s1. The van der Waals surface area contributed by atoms with E-state index < -0.39 is 12.0 Å². The summed E-state index contributed by atoms with van der Waals surface area (Å²) in [5, 5.41) is 20.4. The zero-order chi connectivity index (χ0) is 10.8. The molecular formula is C6H13N5O2S. The molecule has 1 rings (SSSR count). The van der Waals surface area contributed by atoms with Gasteiger partial charge in [-0.25, -0.2) is 0 Å². The minimum absolute atomic E-state index is 0.552. The number of hydrogen-bond acceptors (Lipinski definition) is 6. The van der Waals surface area contributed by atoms with Gasteiger partial charge in [-0.2, -0.15) is 17.0 Å². The van der Waals surface area contributed by atoms with Crippen molar-refractivity contribution in [3.05, 3.63) is 6.33 Å². The number of carbonyl (C=O) groups is 1. The van der Waals surface area contributed by atoms with Crippen molar-refractivity contribution in [2.45, 2.75) is 12.5 Å². The zero-order valence-corrected chi connectivity index (χ0v) is 8.57. The van der Waals surface area contributed by atoms with Crippen LogP contribution >= 0.6 is 11.8 Å². The van der Waals surface area contributed by atoms with Crippen molar-refractivity contribution < 1.29 is 9.90 Å². The first-order valence-electron chi connectivity index (χ1n) is 3.82. The number of hydrogen-bond donors (Lipinski definition) is 3. The number of H-pyrrole nitrogens is 1. The first-order chi connectivity index (χ1) is 6.68. The van der Waals surface area contributed by atoms with Crippen LogP contribution in [-0.4, -0.2) is 49.8 Å². The lowest BCUT2D eigenvalue weighted by molar-refractivity contribution is -0.138. The molecular weight excluding hydrogens is 206 g/mol. The largest absolute Gasteiger partial charge is 0.480 e. The van der Waals surface area contributed by atoms with Crippen LogP contribution in [0, 0.1) is 0 Å².